The lowest BCUT2D eigenvalue weighted by molar-refractivity contribution is -0.144. The molecule has 2 heterocycles. The van der Waals surface area contributed by atoms with Crippen LogP contribution in [0.4, 0.5) is 0 Å². The second kappa shape index (κ2) is 13.6. The SMILES string of the molecule is N[C@@H]1C[C@H]2C(=O)N([C@H](CCC(=O)O)C(=O)CCc3ccc(Cl)c(Cl)c3)CCC(CCOc3ccccc3)N2C1. The fourth-order valence-corrected chi connectivity index (χ4v) is 5.95. The van der Waals surface area contributed by atoms with E-state index in [0.29, 0.717) is 55.4 Å². The molecule has 2 aromatic carbocycles. The number of carbonyl (C=O) groups excluding carboxylic acids is 2. The molecule has 2 saturated heterocycles. The number of benzene rings is 2. The van der Waals surface area contributed by atoms with E-state index >= 15 is 0 Å². The second-order valence-electron chi connectivity index (χ2n) is 10.3. The number of ether oxygens (including phenoxy) is 1. The molecule has 0 spiro atoms. The second-order valence-corrected chi connectivity index (χ2v) is 11.1. The van der Waals surface area contributed by atoms with Crippen LogP contribution in [0.5, 0.6) is 5.75 Å². The summed E-state index contributed by atoms with van der Waals surface area (Å²) < 4.78 is 5.93. The summed E-state index contributed by atoms with van der Waals surface area (Å²) in [5.41, 5.74) is 7.15. The molecule has 39 heavy (non-hydrogen) atoms. The van der Waals surface area contributed by atoms with Crippen LogP contribution in [-0.2, 0) is 20.8 Å². The molecule has 0 aliphatic carbocycles. The summed E-state index contributed by atoms with van der Waals surface area (Å²) in [6.45, 7) is 1.47. The van der Waals surface area contributed by atoms with Crippen LogP contribution in [0, 0.1) is 0 Å². The molecule has 2 fully saturated rings. The quantitative estimate of drug-likeness (QED) is 0.390. The van der Waals surface area contributed by atoms with Gasteiger partial charge < -0.3 is 20.5 Å². The highest BCUT2D eigenvalue weighted by atomic mass is 35.5. The number of Topliss-reactive ketones (excluding diaryl/α,β-unsaturated/α-hetero) is 1. The summed E-state index contributed by atoms with van der Waals surface area (Å²) >= 11 is 12.1. The highest BCUT2D eigenvalue weighted by Crippen LogP contribution is 2.30. The summed E-state index contributed by atoms with van der Waals surface area (Å²) in [7, 11) is 0. The molecule has 4 atom stereocenters. The van der Waals surface area contributed by atoms with Crippen molar-refractivity contribution in [1.82, 2.24) is 9.80 Å². The number of nitrogens with two attached hydrogens (primary N) is 1. The van der Waals surface area contributed by atoms with E-state index in [1.54, 1.807) is 17.0 Å². The van der Waals surface area contributed by atoms with Gasteiger partial charge in [-0.05, 0) is 61.9 Å². The number of rotatable bonds is 12. The van der Waals surface area contributed by atoms with E-state index in [2.05, 4.69) is 4.90 Å². The topological polar surface area (TPSA) is 113 Å². The molecule has 3 N–H and O–H groups in total. The minimum Gasteiger partial charge on any atom is -0.494 e. The lowest BCUT2D eigenvalue weighted by Gasteiger charge is -2.32. The van der Waals surface area contributed by atoms with Crippen molar-refractivity contribution in [3.05, 3.63) is 64.1 Å². The van der Waals surface area contributed by atoms with Gasteiger partial charge in [0.15, 0.2) is 5.78 Å². The molecule has 0 bridgehead atoms. The molecule has 0 aromatic heterocycles. The van der Waals surface area contributed by atoms with Gasteiger partial charge in [0, 0.05) is 38.0 Å². The molecule has 0 saturated carbocycles. The van der Waals surface area contributed by atoms with Crippen molar-refractivity contribution in [1.29, 1.82) is 0 Å². The molecule has 2 aliphatic heterocycles. The average Bonchev–Trinajstić information content (AvgIpc) is 3.26. The van der Waals surface area contributed by atoms with E-state index in [4.69, 9.17) is 33.7 Å². The maximum atomic E-state index is 13.8. The molecule has 8 nitrogen and oxygen atoms in total. The zero-order valence-electron chi connectivity index (χ0n) is 21.8. The van der Waals surface area contributed by atoms with E-state index in [1.807, 2.05) is 36.4 Å². The molecule has 2 aliphatic rings. The summed E-state index contributed by atoms with van der Waals surface area (Å²) in [5.74, 6) is -0.511. The predicted octanol–water partition coefficient (Wildman–Crippen LogP) is 4.20. The van der Waals surface area contributed by atoms with Crippen molar-refractivity contribution < 1.29 is 24.2 Å². The highest BCUT2D eigenvalue weighted by Gasteiger charge is 2.45. The molecule has 2 aromatic rings. The normalized spacial score (nSPS) is 22.3. The number of hydrogen-bond acceptors (Lipinski definition) is 6. The Labute approximate surface area is 239 Å². The smallest absolute Gasteiger partial charge is 0.303 e. The fraction of sp³-hybridized carbons (Fsp3) is 0.483. The Morgan fingerprint density at radius 3 is 2.59 bits per heavy atom. The summed E-state index contributed by atoms with van der Waals surface area (Å²) in [6, 6.07) is 13.5. The van der Waals surface area contributed by atoms with Crippen LogP contribution in [0.15, 0.2) is 48.5 Å². The molecule has 210 valence electrons. The summed E-state index contributed by atoms with van der Waals surface area (Å²) in [6.07, 6.45) is 2.32. The van der Waals surface area contributed by atoms with Crippen molar-refractivity contribution in [2.75, 3.05) is 19.7 Å². The van der Waals surface area contributed by atoms with Crippen molar-refractivity contribution >= 4 is 40.9 Å². The standard InChI is InChI=1S/C29H35Cl2N3O5/c30-23-8-6-19(16-24(23)31)7-10-27(35)25(9-11-28(36)37)33-14-12-21(13-15-39-22-4-2-1-3-5-22)34-18-20(32)17-26(34)29(33)38/h1-6,8,16,20-21,25-26H,7,9-15,17-18,32H2,(H,36,37)/t20-,21?,25-,26+/m1/s1. The Morgan fingerprint density at radius 2 is 1.87 bits per heavy atom. The first-order chi connectivity index (χ1) is 18.7. The number of aliphatic carboxylic acids is 1. The van der Waals surface area contributed by atoms with Gasteiger partial charge in [-0.25, -0.2) is 0 Å². The number of hydrogen-bond donors (Lipinski definition) is 2. The monoisotopic (exact) mass is 575 g/mol. The maximum Gasteiger partial charge on any atom is 0.303 e. The maximum absolute atomic E-state index is 13.8. The average molecular weight is 577 g/mol. The van der Waals surface area contributed by atoms with Gasteiger partial charge in [0.05, 0.1) is 28.7 Å². The number of halogens is 2. The lowest BCUT2D eigenvalue weighted by atomic mass is 9.97. The lowest BCUT2D eigenvalue weighted by Crippen LogP contribution is -2.50. The molecular formula is C29H35Cl2N3O5. The van der Waals surface area contributed by atoms with E-state index in [0.717, 1.165) is 11.3 Å². The van der Waals surface area contributed by atoms with Crippen molar-refractivity contribution in [3.8, 4) is 5.75 Å². The largest absolute Gasteiger partial charge is 0.494 e. The molecule has 1 unspecified atom stereocenters. The van der Waals surface area contributed by atoms with Gasteiger partial charge in [-0.15, -0.1) is 0 Å². The Hall–Kier alpha value is -2.65. The number of para-hydroxylation sites is 1. The summed E-state index contributed by atoms with van der Waals surface area (Å²) in [4.78, 5) is 42.5. The molecule has 1 amide bonds. The fourth-order valence-electron chi connectivity index (χ4n) is 5.63. The zero-order chi connectivity index (χ0) is 27.9. The number of fused-ring (bicyclic) bond motifs is 1. The third kappa shape index (κ3) is 7.72. The number of nitrogens with zero attached hydrogens (tertiary/aromatic N) is 2. The van der Waals surface area contributed by atoms with Gasteiger partial charge in [0.1, 0.15) is 5.75 Å². The Kier molecular flexibility index (Phi) is 10.2. The zero-order valence-corrected chi connectivity index (χ0v) is 23.3. The van der Waals surface area contributed by atoms with Gasteiger partial charge in [-0.2, -0.15) is 0 Å². The number of carboxylic acids is 1. The number of carboxylic acid groups (broad SMARTS) is 1. The molecule has 0 radical (unpaired) electrons. The first-order valence-corrected chi connectivity index (χ1v) is 14.2. The van der Waals surface area contributed by atoms with E-state index in [-0.39, 0.29) is 43.0 Å². The minimum absolute atomic E-state index is 0.0626. The van der Waals surface area contributed by atoms with Crippen LogP contribution in [0.1, 0.15) is 44.1 Å². The predicted molar refractivity (Wildman–Crippen MR) is 150 cm³/mol. The van der Waals surface area contributed by atoms with Gasteiger partial charge in [0.25, 0.3) is 0 Å². The van der Waals surface area contributed by atoms with Crippen LogP contribution in [0.3, 0.4) is 0 Å². The molecular weight excluding hydrogens is 541 g/mol. The third-order valence-corrected chi connectivity index (χ3v) is 8.34. The number of ketones is 1. The van der Waals surface area contributed by atoms with Crippen LogP contribution >= 0.6 is 23.2 Å². The summed E-state index contributed by atoms with van der Waals surface area (Å²) in [5, 5.41) is 10.2. The van der Waals surface area contributed by atoms with Gasteiger partial charge in [0.2, 0.25) is 5.91 Å². The minimum atomic E-state index is -1.000. The van der Waals surface area contributed by atoms with Gasteiger partial charge in [-0.1, -0.05) is 47.5 Å². The number of aryl methyl sites for hydroxylation is 1. The number of carbonyl (C=O) groups is 3. The van der Waals surface area contributed by atoms with E-state index in [9.17, 15) is 19.5 Å². The highest BCUT2D eigenvalue weighted by molar-refractivity contribution is 6.42. The van der Waals surface area contributed by atoms with Crippen LogP contribution in [-0.4, -0.2) is 76.4 Å². The van der Waals surface area contributed by atoms with Crippen molar-refractivity contribution in [3.63, 3.8) is 0 Å². The first-order valence-electron chi connectivity index (χ1n) is 13.4. The van der Waals surface area contributed by atoms with Crippen molar-refractivity contribution in [2.45, 2.75) is 69.1 Å². The Morgan fingerprint density at radius 1 is 1.10 bits per heavy atom. The Balaban J connectivity index is 1.47. The third-order valence-electron chi connectivity index (χ3n) is 7.60. The molecule has 4 rings (SSSR count). The first kappa shape index (κ1) is 29.3. The number of amides is 1. The van der Waals surface area contributed by atoms with Crippen LogP contribution in [0.2, 0.25) is 10.0 Å². The molecule has 10 heteroatoms. The van der Waals surface area contributed by atoms with Crippen LogP contribution in [0.25, 0.3) is 0 Å². The van der Waals surface area contributed by atoms with E-state index < -0.39 is 18.1 Å². The Bertz CT molecular complexity index is 1160. The van der Waals surface area contributed by atoms with Crippen LogP contribution < -0.4 is 10.5 Å². The van der Waals surface area contributed by atoms with Crippen molar-refractivity contribution in [2.24, 2.45) is 5.73 Å². The van der Waals surface area contributed by atoms with Gasteiger partial charge >= 0.3 is 5.97 Å². The van der Waals surface area contributed by atoms with E-state index in [1.165, 1.54) is 0 Å². The van der Waals surface area contributed by atoms with Gasteiger partial charge in [-0.3, -0.25) is 19.3 Å².